The highest BCUT2D eigenvalue weighted by atomic mass is 16.5. The number of carbonyl (C=O) groups excluding carboxylic acids is 1. The highest BCUT2D eigenvalue weighted by Gasteiger charge is 2.17. The van der Waals surface area contributed by atoms with Crippen molar-refractivity contribution in [2.45, 2.75) is 45.8 Å². The summed E-state index contributed by atoms with van der Waals surface area (Å²) in [5, 5.41) is 0. The molecule has 2 rings (SSSR count). The Morgan fingerprint density at radius 3 is 2.37 bits per heavy atom. The second-order valence-electron chi connectivity index (χ2n) is 5.41. The summed E-state index contributed by atoms with van der Waals surface area (Å²) in [7, 11) is 0. The number of hydrogen-bond donors (Lipinski definition) is 0. The normalized spacial score (nSPS) is 15.8. The molecule has 1 fully saturated rings. The van der Waals surface area contributed by atoms with Gasteiger partial charge in [-0.05, 0) is 50.8 Å². The van der Waals surface area contributed by atoms with Gasteiger partial charge in [0.1, 0.15) is 0 Å². The molecular weight excluding hydrogens is 238 g/mol. The van der Waals surface area contributed by atoms with E-state index in [2.05, 4.69) is 0 Å². The first-order chi connectivity index (χ1) is 9.16. The molecule has 0 bridgehead atoms. The van der Waals surface area contributed by atoms with Crippen molar-refractivity contribution in [3.8, 4) is 0 Å². The summed E-state index contributed by atoms with van der Waals surface area (Å²) in [5.74, 6) is 0.163. The van der Waals surface area contributed by atoms with Gasteiger partial charge in [-0.1, -0.05) is 12.1 Å². The maximum atomic E-state index is 12.3. The zero-order valence-electron chi connectivity index (χ0n) is 11.9. The Kier molecular flexibility index (Phi) is 4.97. The zero-order chi connectivity index (χ0) is 13.7. The van der Waals surface area contributed by atoms with Gasteiger partial charge in [0.15, 0.2) is 0 Å². The van der Waals surface area contributed by atoms with E-state index in [1.807, 2.05) is 43.0 Å². The number of likely N-dealkylation sites (tertiary alicyclic amines) is 1. The van der Waals surface area contributed by atoms with Crippen molar-refractivity contribution in [3.63, 3.8) is 0 Å². The van der Waals surface area contributed by atoms with Crippen molar-refractivity contribution in [3.05, 3.63) is 35.4 Å². The van der Waals surface area contributed by atoms with Crippen molar-refractivity contribution in [1.29, 1.82) is 0 Å². The summed E-state index contributed by atoms with van der Waals surface area (Å²) in [6.07, 6.45) is 3.74. The Morgan fingerprint density at radius 1 is 1.16 bits per heavy atom. The second kappa shape index (κ2) is 6.71. The molecule has 19 heavy (non-hydrogen) atoms. The Bertz CT molecular complexity index is 405. The van der Waals surface area contributed by atoms with E-state index in [-0.39, 0.29) is 12.0 Å². The monoisotopic (exact) mass is 261 g/mol. The fourth-order valence-electron chi connectivity index (χ4n) is 2.29. The molecule has 1 amide bonds. The number of piperidine rings is 1. The van der Waals surface area contributed by atoms with Crippen LogP contribution in [-0.4, -0.2) is 30.0 Å². The van der Waals surface area contributed by atoms with Gasteiger partial charge >= 0.3 is 0 Å². The standard InChI is InChI=1S/C16H23NO2/c1-13(2)19-12-14-6-8-15(9-7-14)16(18)17-10-4-3-5-11-17/h6-9,13H,3-5,10-12H2,1-2H3. The number of nitrogens with zero attached hydrogens (tertiary/aromatic N) is 1. The molecule has 0 unspecified atom stereocenters. The first-order valence-electron chi connectivity index (χ1n) is 7.16. The molecule has 3 heteroatoms. The van der Waals surface area contributed by atoms with Crippen molar-refractivity contribution < 1.29 is 9.53 Å². The Morgan fingerprint density at radius 2 is 1.79 bits per heavy atom. The lowest BCUT2D eigenvalue weighted by Gasteiger charge is -2.26. The van der Waals surface area contributed by atoms with Crippen LogP contribution in [0.2, 0.25) is 0 Å². The van der Waals surface area contributed by atoms with Crippen LogP contribution in [0, 0.1) is 0 Å². The highest BCUT2D eigenvalue weighted by molar-refractivity contribution is 5.94. The van der Waals surface area contributed by atoms with Crippen LogP contribution < -0.4 is 0 Å². The molecule has 0 spiro atoms. The summed E-state index contributed by atoms with van der Waals surface area (Å²) in [5.41, 5.74) is 1.90. The summed E-state index contributed by atoms with van der Waals surface area (Å²) < 4.78 is 5.55. The van der Waals surface area contributed by atoms with Gasteiger partial charge in [0.2, 0.25) is 0 Å². The van der Waals surface area contributed by atoms with Gasteiger partial charge in [-0.15, -0.1) is 0 Å². The molecule has 1 aromatic rings. The average molecular weight is 261 g/mol. The van der Waals surface area contributed by atoms with Gasteiger partial charge in [0, 0.05) is 18.7 Å². The van der Waals surface area contributed by atoms with Crippen LogP contribution >= 0.6 is 0 Å². The van der Waals surface area contributed by atoms with Crippen LogP contribution in [0.5, 0.6) is 0 Å². The van der Waals surface area contributed by atoms with E-state index >= 15 is 0 Å². The number of ether oxygens (including phenoxy) is 1. The second-order valence-corrected chi connectivity index (χ2v) is 5.41. The van der Waals surface area contributed by atoms with Gasteiger partial charge in [-0.25, -0.2) is 0 Å². The predicted molar refractivity (Wildman–Crippen MR) is 76.1 cm³/mol. The molecule has 1 aromatic carbocycles. The van der Waals surface area contributed by atoms with E-state index in [0.29, 0.717) is 6.61 Å². The third kappa shape index (κ3) is 4.06. The van der Waals surface area contributed by atoms with Crippen LogP contribution in [0.3, 0.4) is 0 Å². The maximum Gasteiger partial charge on any atom is 0.253 e. The fourth-order valence-corrected chi connectivity index (χ4v) is 2.29. The third-order valence-electron chi connectivity index (χ3n) is 3.43. The summed E-state index contributed by atoms with van der Waals surface area (Å²) in [4.78, 5) is 14.2. The highest BCUT2D eigenvalue weighted by Crippen LogP contribution is 2.14. The van der Waals surface area contributed by atoms with E-state index < -0.39 is 0 Å². The lowest BCUT2D eigenvalue weighted by Crippen LogP contribution is -2.35. The van der Waals surface area contributed by atoms with Crippen LogP contribution in [-0.2, 0) is 11.3 Å². The SMILES string of the molecule is CC(C)OCc1ccc(C(=O)N2CCCCC2)cc1. The van der Waals surface area contributed by atoms with Crippen molar-refractivity contribution >= 4 is 5.91 Å². The van der Waals surface area contributed by atoms with Crippen LogP contribution in [0.25, 0.3) is 0 Å². The third-order valence-corrected chi connectivity index (χ3v) is 3.43. The molecule has 0 aromatic heterocycles. The minimum atomic E-state index is 0.163. The lowest BCUT2D eigenvalue weighted by molar-refractivity contribution is 0.0655. The molecule has 0 saturated carbocycles. The quantitative estimate of drug-likeness (QED) is 0.832. The molecule has 0 radical (unpaired) electrons. The average Bonchev–Trinajstić information content (AvgIpc) is 2.46. The summed E-state index contributed by atoms with van der Waals surface area (Å²) >= 11 is 0. The fraction of sp³-hybridized carbons (Fsp3) is 0.562. The summed E-state index contributed by atoms with van der Waals surface area (Å²) in [6, 6.07) is 7.80. The number of amides is 1. The predicted octanol–water partition coefficient (Wildman–Crippen LogP) is 3.24. The Labute approximate surface area is 115 Å². The van der Waals surface area contributed by atoms with Crippen LogP contribution in [0.1, 0.15) is 49.0 Å². The first-order valence-corrected chi connectivity index (χ1v) is 7.16. The van der Waals surface area contributed by atoms with E-state index in [1.165, 1.54) is 6.42 Å². The van der Waals surface area contributed by atoms with Gasteiger partial charge in [-0.3, -0.25) is 4.79 Å². The number of benzene rings is 1. The van der Waals surface area contributed by atoms with Gasteiger partial charge in [0.25, 0.3) is 5.91 Å². The van der Waals surface area contributed by atoms with E-state index in [0.717, 1.165) is 37.1 Å². The van der Waals surface area contributed by atoms with Gasteiger partial charge < -0.3 is 9.64 Å². The maximum absolute atomic E-state index is 12.3. The molecule has 0 aliphatic carbocycles. The smallest absolute Gasteiger partial charge is 0.253 e. The molecule has 104 valence electrons. The van der Waals surface area contributed by atoms with Crippen molar-refractivity contribution in [1.82, 2.24) is 4.90 Å². The Hall–Kier alpha value is -1.35. The number of rotatable bonds is 4. The van der Waals surface area contributed by atoms with E-state index in [1.54, 1.807) is 0 Å². The number of carbonyl (C=O) groups is 1. The molecule has 1 aliphatic heterocycles. The minimum Gasteiger partial charge on any atom is -0.374 e. The van der Waals surface area contributed by atoms with Gasteiger partial charge in [0.05, 0.1) is 12.7 Å². The Balaban J connectivity index is 1.95. The molecule has 0 atom stereocenters. The zero-order valence-corrected chi connectivity index (χ0v) is 11.9. The lowest BCUT2D eigenvalue weighted by atomic mass is 10.1. The molecule has 1 saturated heterocycles. The topological polar surface area (TPSA) is 29.5 Å². The molecule has 0 N–H and O–H groups in total. The minimum absolute atomic E-state index is 0.163. The molecule has 1 heterocycles. The first kappa shape index (κ1) is 14.1. The van der Waals surface area contributed by atoms with E-state index in [4.69, 9.17) is 4.74 Å². The van der Waals surface area contributed by atoms with Crippen molar-refractivity contribution in [2.75, 3.05) is 13.1 Å². The molecule has 3 nitrogen and oxygen atoms in total. The van der Waals surface area contributed by atoms with Gasteiger partial charge in [-0.2, -0.15) is 0 Å². The largest absolute Gasteiger partial charge is 0.374 e. The number of hydrogen-bond acceptors (Lipinski definition) is 2. The van der Waals surface area contributed by atoms with Crippen LogP contribution in [0.15, 0.2) is 24.3 Å². The van der Waals surface area contributed by atoms with E-state index in [9.17, 15) is 4.79 Å². The van der Waals surface area contributed by atoms with Crippen molar-refractivity contribution in [2.24, 2.45) is 0 Å². The summed E-state index contributed by atoms with van der Waals surface area (Å²) in [6.45, 7) is 6.45. The molecular formula is C16H23NO2. The van der Waals surface area contributed by atoms with Crippen LogP contribution in [0.4, 0.5) is 0 Å². The molecule has 1 aliphatic rings.